The second kappa shape index (κ2) is 5.75. The van der Waals surface area contributed by atoms with Crippen molar-refractivity contribution in [3.63, 3.8) is 0 Å². The van der Waals surface area contributed by atoms with Gasteiger partial charge in [0.2, 0.25) is 5.91 Å². The maximum Gasteiger partial charge on any atom is 0.247 e. The van der Waals surface area contributed by atoms with Crippen molar-refractivity contribution < 1.29 is 9.21 Å². The quantitative estimate of drug-likeness (QED) is 0.878. The summed E-state index contributed by atoms with van der Waals surface area (Å²) in [5, 5.41) is 3.33. The molecule has 1 aromatic heterocycles. The Bertz CT molecular complexity index is 406. The zero-order valence-corrected chi connectivity index (χ0v) is 11.2. The monoisotopic (exact) mass is 263 g/mol. The molecule has 5 nitrogen and oxygen atoms in total. The van der Waals surface area contributed by atoms with Gasteiger partial charge in [0, 0.05) is 39.3 Å². The lowest BCUT2D eigenvalue weighted by molar-refractivity contribution is -0.137. The summed E-state index contributed by atoms with van der Waals surface area (Å²) in [5.41, 5.74) is 0. The van der Waals surface area contributed by atoms with Gasteiger partial charge in [0.05, 0.1) is 6.26 Å². The molecule has 2 aliphatic rings. The highest BCUT2D eigenvalue weighted by Gasteiger charge is 2.34. The molecule has 0 radical (unpaired) electrons. The molecule has 3 rings (SSSR count). The Labute approximate surface area is 113 Å². The topological polar surface area (TPSA) is 48.7 Å². The Kier molecular flexibility index (Phi) is 3.84. The van der Waals surface area contributed by atoms with Crippen LogP contribution in [-0.4, -0.2) is 55.0 Å². The molecule has 3 heterocycles. The number of rotatable bonds is 3. The molecule has 19 heavy (non-hydrogen) atoms. The highest BCUT2D eigenvalue weighted by atomic mass is 16.3. The first-order valence-corrected chi connectivity index (χ1v) is 7.13. The van der Waals surface area contributed by atoms with Crippen LogP contribution in [0.5, 0.6) is 0 Å². The van der Waals surface area contributed by atoms with Crippen molar-refractivity contribution in [2.75, 3.05) is 39.3 Å². The van der Waals surface area contributed by atoms with Gasteiger partial charge in [-0.25, -0.2) is 0 Å². The summed E-state index contributed by atoms with van der Waals surface area (Å²) in [6.07, 6.45) is 3.90. The highest BCUT2D eigenvalue weighted by Crippen LogP contribution is 2.25. The van der Waals surface area contributed by atoms with Crippen LogP contribution in [0, 0.1) is 0 Å². The van der Waals surface area contributed by atoms with E-state index < -0.39 is 0 Å². The molecule has 0 spiro atoms. The van der Waals surface area contributed by atoms with E-state index in [0.717, 1.165) is 57.9 Å². The van der Waals surface area contributed by atoms with Gasteiger partial charge in [-0.2, -0.15) is 0 Å². The minimum absolute atomic E-state index is 0.203. The molecule has 1 N–H and O–H groups in total. The Morgan fingerprint density at radius 2 is 1.95 bits per heavy atom. The normalized spacial score (nSPS) is 22.6. The number of hydrogen-bond acceptors (Lipinski definition) is 4. The van der Waals surface area contributed by atoms with Crippen molar-refractivity contribution in [1.82, 2.24) is 15.1 Å². The number of nitrogens with zero attached hydrogens (tertiary/aromatic N) is 2. The van der Waals surface area contributed by atoms with Gasteiger partial charge < -0.3 is 14.6 Å². The maximum absolute atomic E-state index is 12.7. The first kappa shape index (κ1) is 12.7. The Morgan fingerprint density at radius 1 is 1.21 bits per heavy atom. The minimum atomic E-state index is -0.241. The Hall–Kier alpha value is -1.33. The summed E-state index contributed by atoms with van der Waals surface area (Å²) >= 11 is 0. The van der Waals surface area contributed by atoms with E-state index in [0.29, 0.717) is 0 Å². The predicted molar refractivity (Wildman–Crippen MR) is 71.7 cm³/mol. The average molecular weight is 263 g/mol. The molecule has 1 unspecified atom stereocenters. The van der Waals surface area contributed by atoms with Crippen molar-refractivity contribution in [1.29, 1.82) is 0 Å². The third-order valence-electron chi connectivity index (χ3n) is 3.98. The van der Waals surface area contributed by atoms with Gasteiger partial charge in [-0.15, -0.1) is 0 Å². The molecule has 0 aliphatic carbocycles. The van der Waals surface area contributed by atoms with Gasteiger partial charge in [0.1, 0.15) is 11.8 Å². The number of carbonyl (C=O) groups is 1. The molecule has 2 aliphatic heterocycles. The van der Waals surface area contributed by atoms with E-state index in [4.69, 9.17) is 4.42 Å². The average Bonchev–Trinajstić information content (AvgIpc) is 3.13. The van der Waals surface area contributed by atoms with Crippen molar-refractivity contribution in [3.8, 4) is 0 Å². The van der Waals surface area contributed by atoms with E-state index in [9.17, 15) is 4.79 Å². The SMILES string of the molecule is O=C(C(c1ccco1)N1CCNCC1)N1CCCC1. The summed E-state index contributed by atoms with van der Waals surface area (Å²) in [4.78, 5) is 17.0. The van der Waals surface area contributed by atoms with Crippen molar-refractivity contribution >= 4 is 5.91 Å². The lowest BCUT2D eigenvalue weighted by atomic mass is 10.1. The first-order chi connectivity index (χ1) is 9.36. The fraction of sp³-hybridized carbons (Fsp3) is 0.643. The van der Waals surface area contributed by atoms with Crippen LogP contribution in [0.4, 0.5) is 0 Å². The second-order valence-corrected chi connectivity index (χ2v) is 5.24. The zero-order chi connectivity index (χ0) is 13.1. The molecule has 2 saturated heterocycles. The summed E-state index contributed by atoms with van der Waals surface area (Å²) in [5.74, 6) is 0.980. The number of likely N-dealkylation sites (tertiary alicyclic amines) is 1. The smallest absolute Gasteiger partial charge is 0.247 e. The lowest BCUT2D eigenvalue weighted by Crippen LogP contribution is -2.49. The van der Waals surface area contributed by atoms with Gasteiger partial charge in [-0.05, 0) is 25.0 Å². The number of piperazine rings is 1. The van der Waals surface area contributed by atoms with Crippen LogP contribution in [0.1, 0.15) is 24.6 Å². The van der Waals surface area contributed by atoms with Crippen LogP contribution < -0.4 is 5.32 Å². The number of nitrogens with one attached hydrogen (secondary N) is 1. The number of carbonyl (C=O) groups excluding carboxylic acids is 1. The molecule has 5 heteroatoms. The minimum Gasteiger partial charge on any atom is -0.467 e. The predicted octanol–water partition coefficient (Wildman–Crippen LogP) is 0.848. The molecule has 1 atom stereocenters. The van der Waals surface area contributed by atoms with Crippen LogP contribution in [0.15, 0.2) is 22.8 Å². The van der Waals surface area contributed by atoms with Crippen LogP contribution in [0.25, 0.3) is 0 Å². The fourth-order valence-electron chi connectivity index (χ4n) is 2.96. The van der Waals surface area contributed by atoms with Gasteiger partial charge in [0.15, 0.2) is 0 Å². The molecule has 0 bridgehead atoms. The Morgan fingerprint density at radius 3 is 2.58 bits per heavy atom. The van der Waals surface area contributed by atoms with E-state index in [1.807, 2.05) is 17.0 Å². The zero-order valence-electron chi connectivity index (χ0n) is 11.2. The van der Waals surface area contributed by atoms with Gasteiger partial charge in [-0.1, -0.05) is 0 Å². The molecular formula is C14H21N3O2. The van der Waals surface area contributed by atoms with Crippen LogP contribution in [0.3, 0.4) is 0 Å². The van der Waals surface area contributed by atoms with Crippen molar-refractivity contribution in [3.05, 3.63) is 24.2 Å². The summed E-state index contributed by atoms with van der Waals surface area (Å²) in [6, 6.07) is 3.54. The highest BCUT2D eigenvalue weighted by molar-refractivity contribution is 5.83. The molecular weight excluding hydrogens is 242 g/mol. The maximum atomic E-state index is 12.7. The van der Waals surface area contributed by atoms with E-state index >= 15 is 0 Å². The van der Waals surface area contributed by atoms with Gasteiger partial charge >= 0.3 is 0 Å². The van der Waals surface area contributed by atoms with E-state index in [2.05, 4.69) is 10.2 Å². The largest absolute Gasteiger partial charge is 0.467 e. The number of hydrogen-bond donors (Lipinski definition) is 1. The fourth-order valence-corrected chi connectivity index (χ4v) is 2.96. The molecule has 0 saturated carbocycles. The van der Waals surface area contributed by atoms with E-state index in [-0.39, 0.29) is 11.9 Å². The molecule has 2 fully saturated rings. The molecule has 0 aromatic carbocycles. The summed E-state index contributed by atoms with van der Waals surface area (Å²) in [6.45, 7) is 5.44. The molecule has 1 amide bonds. The van der Waals surface area contributed by atoms with E-state index in [1.54, 1.807) is 6.26 Å². The second-order valence-electron chi connectivity index (χ2n) is 5.24. The summed E-state index contributed by atoms with van der Waals surface area (Å²) in [7, 11) is 0. The summed E-state index contributed by atoms with van der Waals surface area (Å²) < 4.78 is 5.52. The van der Waals surface area contributed by atoms with E-state index in [1.165, 1.54) is 0 Å². The Balaban J connectivity index is 1.80. The third kappa shape index (κ3) is 2.67. The standard InChI is InChI=1S/C14H21N3O2/c18-14(17-7-1-2-8-17)13(12-4-3-11-19-12)16-9-5-15-6-10-16/h3-4,11,13,15H,1-2,5-10H2. The number of amides is 1. The van der Waals surface area contributed by atoms with Crippen LogP contribution in [-0.2, 0) is 4.79 Å². The van der Waals surface area contributed by atoms with Gasteiger partial charge in [-0.3, -0.25) is 9.69 Å². The van der Waals surface area contributed by atoms with Crippen LogP contribution in [0.2, 0.25) is 0 Å². The van der Waals surface area contributed by atoms with Crippen molar-refractivity contribution in [2.24, 2.45) is 0 Å². The molecule has 104 valence electrons. The first-order valence-electron chi connectivity index (χ1n) is 7.13. The molecule has 1 aromatic rings. The lowest BCUT2D eigenvalue weighted by Gasteiger charge is -2.34. The van der Waals surface area contributed by atoms with Crippen LogP contribution >= 0.6 is 0 Å². The number of furan rings is 1. The third-order valence-corrected chi connectivity index (χ3v) is 3.98. The van der Waals surface area contributed by atoms with Crippen molar-refractivity contribution in [2.45, 2.75) is 18.9 Å². The van der Waals surface area contributed by atoms with Gasteiger partial charge in [0.25, 0.3) is 0 Å².